The van der Waals surface area contributed by atoms with Crippen LogP contribution in [0.15, 0.2) is 18.2 Å². The highest BCUT2D eigenvalue weighted by atomic mass is 16.5. The molecule has 2 aliphatic rings. The normalized spacial score (nSPS) is 27.3. The van der Waals surface area contributed by atoms with Crippen molar-refractivity contribution in [2.75, 3.05) is 5.32 Å². The van der Waals surface area contributed by atoms with E-state index in [0.29, 0.717) is 6.04 Å². The predicted molar refractivity (Wildman–Crippen MR) is 79.7 cm³/mol. The van der Waals surface area contributed by atoms with E-state index in [0.717, 1.165) is 6.42 Å². The summed E-state index contributed by atoms with van der Waals surface area (Å²) in [5.74, 6) is 0. The molecule has 0 saturated carbocycles. The Morgan fingerprint density at radius 1 is 1.11 bits per heavy atom. The number of ether oxygens (including phenoxy) is 1. The van der Waals surface area contributed by atoms with E-state index in [1.165, 1.54) is 36.1 Å². The largest absolute Gasteiger partial charge is 0.379 e. The Labute approximate surface area is 116 Å². The zero-order valence-corrected chi connectivity index (χ0v) is 12.5. The summed E-state index contributed by atoms with van der Waals surface area (Å²) < 4.78 is 6.15. The molecule has 1 fully saturated rings. The standard InChI is InChI=1S/C17H25NO/c1-16(2)11-15(17(3,4)19-16)18-14-9-8-12-6-5-7-13(12)10-14/h8-10,15,18H,5-7,11H2,1-4H3. The van der Waals surface area contributed by atoms with Crippen molar-refractivity contribution in [1.29, 1.82) is 0 Å². The maximum Gasteiger partial charge on any atom is 0.0834 e. The van der Waals surface area contributed by atoms with E-state index in [2.05, 4.69) is 51.2 Å². The van der Waals surface area contributed by atoms with Crippen LogP contribution in [0.3, 0.4) is 0 Å². The lowest BCUT2D eigenvalue weighted by atomic mass is 9.94. The molecule has 2 heteroatoms. The van der Waals surface area contributed by atoms with Crippen molar-refractivity contribution >= 4 is 5.69 Å². The second-order valence-electron chi connectivity index (χ2n) is 7.20. The monoisotopic (exact) mass is 259 g/mol. The van der Waals surface area contributed by atoms with Crippen molar-refractivity contribution in [1.82, 2.24) is 0 Å². The molecule has 2 nitrogen and oxygen atoms in total. The van der Waals surface area contributed by atoms with Gasteiger partial charge in [-0.15, -0.1) is 0 Å². The molecule has 0 amide bonds. The summed E-state index contributed by atoms with van der Waals surface area (Å²) in [6.45, 7) is 8.73. The summed E-state index contributed by atoms with van der Waals surface area (Å²) in [5, 5.41) is 3.69. The lowest BCUT2D eigenvalue weighted by molar-refractivity contribution is -0.0662. The second-order valence-corrected chi connectivity index (χ2v) is 7.20. The van der Waals surface area contributed by atoms with Crippen molar-refractivity contribution < 1.29 is 4.74 Å². The van der Waals surface area contributed by atoms with Crippen LogP contribution in [0.4, 0.5) is 5.69 Å². The third-order valence-electron chi connectivity index (χ3n) is 4.51. The quantitative estimate of drug-likeness (QED) is 0.868. The van der Waals surface area contributed by atoms with Gasteiger partial charge in [0.05, 0.1) is 17.2 Å². The molecule has 1 aliphatic carbocycles. The van der Waals surface area contributed by atoms with Gasteiger partial charge in [-0.25, -0.2) is 0 Å². The first-order chi connectivity index (χ1) is 8.86. The van der Waals surface area contributed by atoms with Gasteiger partial charge in [-0.05, 0) is 76.6 Å². The number of hydrogen-bond acceptors (Lipinski definition) is 2. The van der Waals surface area contributed by atoms with Gasteiger partial charge < -0.3 is 10.1 Å². The van der Waals surface area contributed by atoms with Crippen LogP contribution < -0.4 is 5.32 Å². The van der Waals surface area contributed by atoms with E-state index in [1.54, 1.807) is 0 Å². The highest BCUT2D eigenvalue weighted by Crippen LogP contribution is 2.39. The Hall–Kier alpha value is -1.02. The van der Waals surface area contributed by atoms with Gasteiger partial charge in [0.25, 0.3) is 0 Å². The SMILES string of the molecule is CC1(C)CC(Nc2ccc3c(c2)CCC3)C(C)(C)O1. The lowest BCUT2D eigenvalue weighted by Crippen LogP contribution is -2.38. The van der Waals surface area contributed by atoms with Crippen LogP contribution in [0.25, 0.3) is 0 Å². The molecule has 1 aliphatic heterocycles. The number of anilines is 1. The fourth-order valence-corrected chi connectivity index (χ4v) is 3.65. The number of aryl methyl sites for hydroxylation is 2. The summed E-state index contributed by atoms with van der Waals surface area (Å²) in [6.07, 6.45) is 4.85. The molecular weight excluding hydrogens is 234 g/mol. The molecule has 1 aromatic rings. The minimum Gasteiger partial charge on any atom is -0.379 e. The maximum atomic E-state index is 6.15. The first-order valence-electron chi connectivity index (χ1n) is 7.44. The maximum absolute atomic E-state index is 6.15. The van der Waals surface area contributed by atoms with Crippen molar-refractivity contribution in [3.8, 4) is 0 Å². The number of fused-ring (bicyclic) bond motifs is 1. The number of hydrogen-bond donors (Lipinski definition) is 1. The van der Waals surface area contributed by atoms with Gasteiger partial charge in [0.15, 0.2) is 0 Å². The number of nitrogens with one attached hydrogen (secondary N) is 1. The molecule has 1 aromatic carbocycles. The minimum atomic E-state index is -0.109. The molecule has 0 bridgehead atoms. The number of rotatable bonds is 2. The fourth-order valence-electron chi connectivity index (χ4n) is 3.65. The van der Waals surface area contributed by atoms with Gasteiger partial charge in [0.1, 0.15) is 0 Å². The lowest BCUT2D eigenvalue weighted by Gasteiger charge is -2.28. The van der Waals surface area contributed by atoms with Crippen molar-refractivity contribution in [3.05, 3.63) is 29.3 Å². The smallest absolute Gasteiger partial charge is 0.0834 e. The topological polar surface area (TPSA) is 21.3 Å². The Morgan fingerprint density at radius 2 is 1.84 bits per heavy atom. The Morgan fingerprint density at radius 3 is 2.53 bits per heavy atom. The van der Waals surface area contributed by atoms with Gasteiger partial charge >= 0.3 is 0 Å². The molecule has 104 valence electrons. The second kappa shape index (κ2) is 4.24. The van der Waals surface area contributed by atoms with Gasteiger partial charge in [-0.2, -0.15) is 0 Å². The van der Waals surface area contributed by atoms with Crippen LogP contribution in [0, 0.1) is 0 Å². The zero-order chi connectivity index (χ0) is 13.7. The summed E-state index contributed by atoms with van der Waals surface area (Å²) in [5.41, 5.74) is 4.18. The van der Waals surface area contributed by atoms with Crippen molar-refractivity contribution in [2.45, 2.75) is 70.6 Å². The van der Waals surface area contributed by atoms with E-state index in [1.807, 2.05) is 0 Å². The minimum absolute atomic E-state index is 0.0299. The van der Waals surface area contributed by atoms with Crippen LogP contribution in [-0.2, 0) is 17.6 Å². The molecule has 0 radical (unpaired) electrons. The van der Waals surface area contributed by atoms with Crippen LogP contribution in [-0.4, -0.2) is 17.2 Å². The van der Waals surface area contributed by atoms with Gasteiger partial charge in [0, 0.05) is 5.69 Å². The third-order valence-corrected chi connectivity index (χ3v) is 4.51. The average molecular weight is 259 g/mol. The third kappa shape index (κ3) is 2.51. The van der Waals surface area contributed by atoms with E-state index < -0.39 is 0 Å². The average Bonchev–Trinajstić information content (AvgIpc) is 2.80. The van der Waals surface area contributed by atoms with Gasteiger partial charge in [0.2, 0.25) is 0 Å². The first-order valence-corrected chi connectivity index (χ1v) is 7.44. The molecule has 1 atom stereocenters. The van der Waals surface area contributed by atoms with Crippen LogP contribution in [0.2, 0.25) is 0 Å². The zero-order valence-electron chi connectivity index (χ0n) is 12.5. The molecular formula is C17H25NO. The van der Waals surface area contributed by atoms with E-state index >= 15 is 0 Å². The summed E-state index contributed by atoms with van der Waals surface area (Å²) in [6, 6.07) is 7.23. The molecule has 1 unspecified atom stereocenters. The Bertz CT molecular complexity index is 490. The predicted octanol–water partition coefficient (Wildman–Crippen LogP) is 3.93. The Kier molecular flexibility index (Phi) is 2.90. The molecule has 0 aromatic heterocycles. The first kappa shape index (κ1) is 13.0. The van der Waals surface area contributed by atoms with E-state index in [4.69, 9.17) is 4.74 Å². The van der Waals surface area contributed by atoms with E-state index in [9.17, 15) is 0 Å². The van der Waals surface area contributed by atoms with Crippen LogP contribution in [0.5, 0.6) is 0 Å². The van der Waals surface area contributed by atoms with Crippen molar-refractivity contribution in [2.24, 2.45) is 0 Å². The molecule has 3 rings (SSSR count). The summed E-state index contributed by atoms with van der Waals surface area (Å²) in [7, 11) is 0. The Balaban J connectivity index is 1.78. The van der Waals surface area contributed by atoms with E-state index in [-0.39, 0.29) is 11.2 Å². The summed E-state index contributed by atoms with van der Waals surface area (Å²) >= 11 is 0. The number of benzene rings is 1. The highest BCUT2D eigenvalue weighted by Gasteiger charge is 2.45. The fraction of sp³-hybridized carbons (Fsp3) is 0.647. The summed E-state index contributed by atoms with van der Waals surface area (Å²) in [4.78, 5) is 0. The van der Waals surface area contributed by atoms with Crippen LogP contribution >= 0.6 is 0 Å². The van der Waals surface area contributed by atoms with Crippen molar-refractivity contribution in [3.63, 3.8) is 0 Å². The molecule has 19 heavy (non-hydrogen) atoms. The molecule has 1 saturated heterocycles. The molecule has 1 N–H and O–H groups in total. The molecule has 0 spiro atoms. The van der Waals surface area contributed by atoms with Gasteiger partial charge in [-0.3, -0.25) is 0 Å². The van der Waals surface area contributed by atoms with Gasteiger partial charge in [-0.1, -0.05) is 6.07 Å². The van der Waals surface area contributed by atoms with Crippen LogP contribution in [0.1, 0.15) is 51.7 Å². The molecule has 1 heterocycles. The highest BCUT2D eigenvalue weighted by molar-refractivity contribution is 5.51.